The molecule has 0 spiro atoms. The molecule has 0 fully saturated rings. The van der Waals surface area contributed by atoms with Crippen molar-refractivity contribution in [3.63, 3.8) is 0 Å². The maximum absolute atomic E-state index is 11.6. The van der Waals surface area contributed by atoms with Crippen LogP contribution in [0.3, 0.4) is 0 Å². The van der Waals surface area contributed by atoms with Crippen LogP contribution in [0.1, 0.15) is 86.3 Å². The predicted molar refractivity (Wildman–Crippen MR) is 146 cm³/mol. The van der Waals surface area contributed by atoms with Crippen LogP contribution in [0.15, 0.2) is 35.1 Å². The minimum Gasteiger partial charge on any atom is -0.384 e. The molecule has 35 heavy (non-hydrogen) atoms. The first-order chi connectivity index (χ1) is 17.2. The lowest BCUT2D eigenvalue weighted by atomic mass is 9.91. The summed E-state index contributed by atoms with van der Waals surface area (Å²) in [5, 5.41) is 9.45. The van der Waals surface area contributed by atoms with Crippen LogP contribution in [0, 0.1) is 0 Å². The number of hydrogen-bond acceptors (Lipinski definition) is 4. The van der Waals surface area contributed by atoms with E-state index in [1.165, 1.54) is 72.8 Å². The number of benzene rings is 1. The molecule has 1 atom stereocenters. The molecule has 0 aliphatic heterocycles. The van der Waals surface area contributed by atoms with E-state index >= 15 is 0 Å². The van der Waals surface area contributed by atoms with Crippen LogP contribution in [0.2, 0.25) is 5.02 Å². The van der Waals surface area contributed by atoms with Gasteiger partial charge in [0, 0.05) is 46.1 Å². The number of unbranched alkanes of at least 4 members (excludes halogenated alkanes) is 4. The van der Waals surface area contributed by atoms with E-state index in [1.807, 2.05) is 18.2 Å². The number of anilines is 1. The summed E-state index contributed by atoms with van der Waals surface area (Å²) in [4.78, 5) is 19.5. The van der Waals surface area contributed by atoms with E-state index in [2.05, 4.69) is 21.7 Å². The van der Waals surface area contributed by atoms with Crippen molar-refractivity contribution in [3.8, 4) is 0 Å². The second-order valence-electron chi connectivity index (χ2n) is 10.1. The molecular weight excluding hydrogens is 456 g/mol. The Morgan fingerprint density at radius 2 is 1.77 bits per heavy atom. The zero-order valence-corrected chi connectivity index (χ0v) is 21.4. The van der Waals surface area contributed by atoms with Crippen molar-refractivity contribution in [2.45, 2.75) is 83.1 Å². The van der Waals surface area contributed by atoms with Gasteiger partial charge in [-0.15, -0.1) is 0 Å². The number of fused-ring (bicyclic) bond motifs is 3. The smallest absolute Gasteiger partial charge is 0.248 e. The Bertz CT molecular complexity index is 1220. The second-order valence-corrected chi connectivity index (χ2v) is 10.6. The lowest BCUT2D eigenvalue weighted by Crippen LogP contribution is -2.28. The summed E-state index contributed by atoms with van der Waals surface area (Å²) < 4.78 is 0. The van der Waals surface area contributed by atoms with E-state index in [0.29, 0.717) is 6.04 Å². The van der Waals surface area contributed by atoms with Crippen LogP contribution in [-0.2, 0) is 19.3 Å². The van der Waals surface area contributed by atoms with Gasteiger partial charge >= 0.3 is 0 Å². The third-order valence-electron chi connectivity index (χ3n) is 7.60. The number of aryl methyl sites for hydroxylation is 2. The van der Waals surface area contributed by atoms with Crippen LogP contribution < -0.4 is 16.2 Å². The highest BCUT2D eigenvalue weighted by Crippen LogP contribution is 2.34. The summed E-state index contributed by atoms with van der Waals surface area (Å²) in [5.74, 6) is 0. The molecule has 0 saturated heterocycles. The van der Waals surface area contributed by atoms with Crippen LogP contribution >= 0.6 is 11.6 Å². The summed E-state index contributed by atoms with van der Waals surface area (Å²) in [7, 11) is 0. The van der Waals surface area contributed by atoms with E-state index in [0.717, 1.165) is 61.4 Å². The molecule has 0 saturated carbocycles. The maximum atomic E-state index is 11.6. The van der Waals surface area contributed by atoms with Gasteiger partial charge in [-0.1, -0.05) is 36.9 Å². The Labute approximate surface area is 213 Å². The summed E-state index contributed by atoms with van der Waals surface area (Å²) in [5.41, 5.74) is 7.41. The van der Waals surface area contributed by atoms with Crippen LogP contribution in [0.5, 0.6) is 0 Å². The van der Waals surface area contributed by atoms with Crippen molar-refractivity contribution in [3.05, 3.63) is 68.2 Å². The zero-order valence-electron chi connectivity index (χ0n) is 20.6. The molecule has 186 valence electrons. The van der Waals surface area contributed by atoms with Gasteiger partial charge in [0.1, 0.15) is 0 Å². The number of halogens is 1. The number of hydrogen-bond donors (Lipinski definition) is 3. The summed E-state index contributed by atoms with van der Waals surface area (Å²) >= 11 is 6.25. The van der Waals surface area contributed by atoms with Gasteiger partial charge in [-0.2, -0.15) is 0 Å². The maximum Gasteiger partial charge on any atom is 0.248 e. The number of nitrogens with zero attached hydrogens (tertiary/aromatic N) is 1. The fourth-order valence-corrected chi connectivity index (χ4v) is 5.95. The fraction of sp³-hybridized carbons (Fsp3) is 0.517. The highest BCUT2D eigenvalue weighted by atomic mass is 35.5. The Morgan fingerprint density at radius 1 is 0.943 bits per heavy atom. The van der Waals surface area contributed by atoms with E-state index in [9.17, 15) is 4.79 Å². The van der Waals surface area contributed by atoms with Crippen molar-refractivity contribution >= 4 is 28.2 Å². The summed E-state index contributed by atoms with van der Waals surface area (Å²) in [6.45, 7) is 2.04. The van der Waals surface area contributed by atoms with Gasteiger partial charge in [-0.25, -0.2) is 0 Å². The molecule has 5 rings (SSSR count). The molecule has 2 aromatic heterocycles. The van der Waals surface area contributed by atoms with Gasteiger partial charge in [0.05, 0.1) is 5.52 Å². The Hall–Kier alpha value is -2.37. The molecule has 5 nitrogen and oxygen atoms in total. The van der Waals surface area contributed by atoms with Gasteiger partial charge in [-0.3, -0.25) is 9.78 Å². The molecule has 2 heterocycles. The molecule has 0 amide bonds. The highest BCUT2D eigenvalue weighted by molar-refractivity contribution is 6.31. The normalized spacial score (nSPS) is 17.2. The van der Waals surface area contributed by atoms with Crippen molar-refractivity contribution in [2.75, 3.05) is 18.4 Å². The molecule has 1 aromatic carbocycles. The standard InChI is InChI=1S/C29H37ClN4O/c30-20-13-14-23-27(19-20)33-26-10-5-4-9-22(26)29(23)32-18-7-3-1-2-6-17-31-24-11-8-12-25-21(24)15-16-28(35)34-25/h13-16,19,24,31H,1-12,17-18H2,(H,32,33)(H,34,35). The molecular formula is C29H37ClN4O. The Kier molecular flexibility index (Phi) is 8.05. The van der Waals surface area contributed by atoms with Gasteiger partial charge in [0.15, 0.2) is 0 Å². The third-order valence-corrected chi connectivity index (χ3v) is 7.84. The highest BCUT2D eigenvalue weighted by Gasteiger charge is 2.20. The fourth-order valence-electron chi connectivity index (χ4n) is 5.78. The van der Waals surface area contributed by atoms with Crippen LogP contribution in [0.25, 0.3) is 10.9 Å². The zero-order chi connectivity index (χ0) is 24.0. The van der Waals surface area contributed by atoms with E-state index in [1.54, 1.807) is 6.07 Å². The molecule has 3 aromatic rings. The number of rotatable bonds is 10. The lowest BCUT2D eigenvalue weighted by molar-refractivity contribution is 0.443. The lowest BCUT2D eigenvalue weighted by Gasteiger charge is -2.26. The molecule has 1 unspecified atom stereocenters. The van der Waals surface area contributed by atoms with E-state index < -0.39 is 0 Å². The van der Waals surface area contributed by atoms with Crippen LogP contribution in [0.4, 0.5) is 5.69 Å². The number of H-pyrrole nitrogens is 1. The predicted octanol–water partition coefficient (Wildman–Crippen LogP) is 6.48. The first-order valence-electron chi connectivity index (χ1n) is 13.5. The first-order valence-corrected chi connectivity index (χ1v) is 13.9. The minimum atomic E-state index is 0.0142. The molecule has 2 aliphatic carbocycles. The minimum absolute atomic E-state index is 0.0142. The first kappa shape index (κ1) is 24.3. The Morgan fingerprint density at radius 3 is 2.69 bits per heavy atom. The van der Waals surface area contributed by atoms with Gasteiger partial charge in [-0.05, 0) is 93.7 Å². The third kappa shape index (κ3) is 5.90. The molecule has 6 heteroatoms. The largest absolute Gasteiger partial charge is 0.384 e. The van der Waals surface area contributed by atoms with Crippen molar-refractivity contribution in [1.29, 1.82) is 0 Å². The Balaban J connectivity index is 1.05. The quantitative estimate of drug-likeness (QED) is 0.283. The van der Waals surface area contributed by atoms with Crippen LogP contribution in [-0.4, -0.2) is 23.1 Å². The average molecular weight is 493 g/mol. The van der Waals surface area contributed by atoms with Crippen molar-refractivity contribution in [1.82, 2.24) is 15.3 Å². The summed E-state index contributed by atoms with van der Waals surface area (Å²) in [6, 6.07) is 10.1. The summed E-state index contributed by atoms with van der Waals surface area (Å²) in [6.07, 6.45) is 14.1. The van der Waals surface area contributed by atoms with Crippen molar-refractivity contribution < 1.29 is 0 Å². The molecule has 2 aliphatic rings. The van der Waals surface area contributed by atoms with E-state index in [4.69, 9.17) is 16.6 Å². The van der Waals surface area contributed by atoms with E-state index in [-0.39, 0.29) is 5.56 Å². The van der Waals surface area contributed by atoms with Gasteiger partial charge in [0.25, 0.3) is 0 Å². The number of nitrogens with one attached hydrogen (secondary N) is 3. The molecule has 3 N–H and O–H groups in total. The van der Waals surface area contributed by atoms with Gasteiger partial charge < -0.3 is 15.6 Å². The monoisotopic (exact) mass is 492 g/mol. The molecule has 0 bridgehead atoms. The topological polar surface area (TPSA) is 69.8 Å². The second kappa shape index (κ2) is 11.6. The van der Waals surface area contributed by atoms with Gasteiger partial charge in [0.2, 0.25) is 5.56 Å². The number of aromatic nitrogens is 2. The average Bonchev–Trinajstić information content (AvgIpc) is 2.86. The SMILES string of the molecule is O=c1ccc2c([nH]1)CCCC2NCCCCCCCNc1c2c(nc3cc(Cl)ccc13)CCCC2. The van der Waals surface area contributed by atoms with Crippen molar-refractivity contribution in [2.24, 2.45) is 0 Å². The number of aromatic amines is 1. The number of pyridine rings is 2. The molecule has 0 radical (unpaired) electrons.